The van der Waals surface area contributed by atoms with Crippen molar-refractivity contribution in [2.24, 2.45) is 0 Å². The summed E-state index contributed by atoms with van der Waals surface area (Å²) in [5.41, 5.74) is 2.98. The molecule has 0 saturated carbocycles. The van der Waals surface area contributed by atoms with Gasteiger partial charge in [-0.3, -0.25) is 4.79 Å². The summed E-state index contributed by atoms with van der Waals surface area (Å²) in [6.45, 7) is 2.80. The van der Waals surface area contributed by atoms with Crippen LogP contribution >= 0.6 is 11.3 Å². The Morgan fingerprint density at radius 2 is 2.00 bits per heavy atom. The average Bonchev–Trinajstić information content (AvgIpc) is 2.83. The minimum Gasteiger partial charge on any atom is -1.00 e. The van der Waals surface area contributed by atoms with E-state index in [4.69, 9.17) is 0 Å². The van der Waals surface area contributed by atoms with Gasteiger partial charge < -0.3 is 17.0 Å². The predicted octanol–water partition coefficient (Wildman–Crippen LogP) is -0.275. The van der Waals surface area contributed by atoms with E-state index in [1.807, 2.05) is 47.6 Å². The molecule has 2 heterocycles. The second-order valence-corrected chi connectivity index (χ2v) is 5.56. The molecule has 0 aliphatic carbocycles. The van der Waals surface area contributed by atoms with Crippen molar-refractivity contribution >= 4 is 17.1 Å². The molecule has 0 aliphatic rings. The Balaban J connectivity index is 0.00000200. The van der Waals surface area contributed by atoms with Gasteiger partial charge in [0.05, 0.1) is 17.6 Å². The molecule has 0 aliphatic heterocycles. The Hall–Kier alpha value is -1.07. The Morgan fingerprint density at radius 3 is 2.65 bits per heavy atom. The van der Waals surface area contributed by atoms with Gasteiger partial charge in [-0.15, -0.1) is 11.3 Å². The van der Waals surface area contributed by atoms with Crippen LogP contribution in [0.4, 0.5) is 0 Å². The Morgan fingerprint density at radius 1 is 1.25 bits per heavy atom. The van der Waals surface area contributed by atoms with E-state index in [-0.39, 0.29) is 17.0 Å². The molecule has 0 N–H and O–H groups in total. The molecule has 0 unspecified atom stereocenters. The fourth-order valence-corrected chi connectivity index (χ4v) is 2.80. The van der Waals surface area contributed by atoms with E-state index in [2.05, 4.69) is 4.98 Å². The number of thiazole rings is 1. The highest BCUT2D eigenvalue weighted by Gasteiger charge is 2.07. The summed E-state index contributed by atoms with van der Waals surface area (Å²) >= 11 is 1.68. The second-order valence-electron chi connectivity index (χ2n) is 4.62. The minimum atomic E-state index is 0. The number of carbonyl (C=O) groups is 1. The lowest BCUT2D eigenvalue weighted by atomic mass is 10.1. The zero-order chi connectivity index (χ0) is 13.5. The molecule has 0 radical (unpaired) electrons. The summed E-state index contributed by atoms with van der Waals surface area (Å²) < 4.78 is 2.05. The third-order valence-corrected chi connectivity index (χ3v) is 4.13. The van der Waals surface area contributed by atoms with Crippen LogP contribution in [0.15, 0.2) is 36.1 Å². The highest BCUT2D eigenvalue weighted by atomic mass is 79.9. The van der Waals surface area contributed by atoms with Crippen molar-refractivity contribution in [3.05, 3.63) is 46.7 Å². The second kappa shape index (κ2) is 8.97. The molecular weight excluding hydrogens is 336 g/mol. The molecule has 2 aromatic rings. The first-order chi connectivity index (χ1) is 9.25. The fraction of sp³-hybridized carbons (Fsp3) is 0.400. The van der Waals surface area contributed by atoms with Gasteiger partial charge >= 0.3 is 0 Å². The van der Waals surface area contributed by atoms with Crippen molar-refractivity contribution in [2.45, 2.75) is 39.2 Å². The average molecular weight is 355 g/mol. The van der Waals surface area contributed by atoms with Crippen LogP contribution in [0.3, 0.4) is 0 Å². The Labute approximate surface area is 134 Å². The zero-order valence-corrected chi connectivity index (χ0v) is 14.0. The smallest absolute Gasteiger partial charge is 0.168 e. The van der Waals surface area contributed by atoms with E-state index < -0.39 is 0 Å². The summed E-state index contributed by atoms with van der Waals surface area (Å²) in [4.78, 5) is 17.3. The predicted molar refractivity (Wildman–Crippen MR) is 76.1 cm³/mol. The van der Waals surface area contributed by atoms with Gasteiger partial charge in [0.15, 0.2) is 18.9 Å². The number of halogens is 1. The number of aromatic nitrogens is 2. The third-order valence-electron chi connectivity index (χ3n) is 3.13. The van der Waals surface area contributed by atoms with E-state index in [1.165, 1.54) is 4.88 Å². The summed E-state index contributed by atoms with van der Waals surface area (Å²) in [5.74, 6) is 0.346. The van der Waals surface area contributed by atoms with E-state index >= 15 is 0 Å². The SMILES string of the molecule is Cc1ncsc1CCCC(=O)CC[n+]1ccccc1.[Br-]. The van der Waals surface area contributed by atoms with E-state index in [0.717, 1.165) is 25.1 Å². The number of ketones is 1. The quantitative estimate of drug-likeness (QED) is 0.641. The number of nitrogens with zero attached hydrogens (tertiary/aromatic N) is 2. The van der Waals surface area contributed by atoms with Gasteiger partial charge in [-0.1, -0.05) is 6.07 Å². The lowest BCUT2D eigenvalue weighted by Crippen LogP contribution is -3.00. The summed E-state index contributed by atoms with van der Waals surface area (Å²) in [6, 6.07) is 5.95. The number of hydrogen-bond acceptors (Lipinski definition) is 3. The van der Waals surface area contributed by atoms with E-state index in [1.54, 1.807) is 11.3 Å². The van der Waals surface area contributed by atoms with Gasteiger partial charge in [0, 0.05) is 23.4 Å². The first kappa shape index (κ1) is 17.0. The molecule has 20 heavy (non-hydrogen) atoms. The summed E-state index contributed by atoms with van der Waals surface area (Å²) in [5, 5.41) is 0. The van der Waals surface area contributed by atoms with Crippen molar-refractivity contribution in [1.29, 1.82) is 0 Å². The Bertz CT molecular complexity index is 528. The number of pyridine rings is 1. The lowest BCUT2D eigenvalue weighted by molar-refractivity contribution is -0.695. The monoisotopic (exact) mass is 354 g/mol. The lowest BCUT2D eigenvalue weighted by Gasteiger charge is -1.99. The number of Topliss-reactive ketones (excluding diaryl/α,β-unsaturated/α-hetero) is 1. The fourth-order valence-electron chi connectivity index (χ4n) is 1.97. The minimum absolute atomic E-state index is 0. The molecule has 2 aromatic heterocycles. The molecule has 0 saturated heterocycles. The first-order valence-electron chi connectivity index (χ1n) is 6.60. The van der Waals surface area contributed by atoms with Gasteiger partial charge in [0.25, 0.3) is 0 Å². The van der Waals surface area contributed by atoms with Crippen LogP contribution in [0, 0.1) is 6.92 Å². The first-order valence-corrected chi connectivity index (χ1v) is 7.48. The van der Waals surface area contributed by atoms with Crippen molar-refractivity contribution in [2.75, 3.05) is 0 Å². The molecule has 3 nitrogen and oxygen atoms in total. The van der Waals surface area contributed by atoms with Crippen molar-refractivity contribution in [3.8, 4) is 0 Å². The Kier molecular flexibility index (Phi) is 7.62. The standard InChI is InChI=1S/C15H19N2OS.BrH/c1-13-15(19-12-16-13)7-5-6-14(18)8-11-17-9-3-2-4-10-17;/h2-4,9-10,12H,5-8,11H2,1H3;1H/q+1;/p-1. The third kappa shape index (κ3) is 5.51. The molecule has 0 aromatic carbocycles. The highest BCUT2D eigenvalue weighted by Crippen LogP contribution is 2.15. The van der Waals surface area contributed by atoms with Crippen molar-refractivity contribution in [3.63, 3.8) is 0 Å². The van der Waals surface area contributed by atoms with Crippen LogP contribution in [0.2, 0.25) is 0 Å². The normalized spacial score (nSPS) is 10.1. The van der Waals surface area contributed by atoms with Crippen LogP contribution in [-0.4, -0.2) is 10.8 Å². The van der Waals surface area contributed by atoms with Gasteiger partial charge in [0.1, 0.15) is 5.78 Å². The molecule has 0 amide bonds. The number of aryl methyl sites for hydroxylation is 3. The maximum atomic E-state index is 11.8. The number of rotatable bonds is 7. The van der Waals surface area contributed by atoms with Crippen LogP contribution in [0.1, 0.15) is 29.8 Å². The van der Waals surface area contributed by atoms with Crippen LogP contribution in [0.5, 0.6) is 0 Å². The number of hydrogen-bond donors (Lipinski definition) is 0. The maximum absolute atomic E-state index is 11.8. The molecule has 0 spiro atoms. The van der Waals surface area contributed by atoms with Crippen molar-refractivity contribution < 1.29 is 26.3 Å². The van der Waals surface area contributed by atoms with Gasteiger partial charge in [-0.25, -0.2) is 9.55 Å². The van der Waals surface area contributed by atoms with Gasteiger partial charge in [-0.05, 0) is 19.8 Å². The van der Waals surface area contributed by atoms with Crippen LogP contribution < -0.4 is 21.5 Å². The largest absolute Gasteiger partial charge is 1.00 e. The summed E-state index contributed by atoms with van der Waals surface area (Å²) in [6.07, 6.45) is 7.19. The highest BCUT2D eigenvalue weighted by molar-refractivity contribution is 7.09. The van der Waals surface area contributed by atoms with Crippen molar-refractivity contribution in [1.82, 2.24) is 4.98 Å². The number of carbonyl (C=O) groups excluding carboxylic acids is 1. The van der Waals surface area contributed by atoms with E-state index in [9.17, 15) is 4.79 Å². The summed E-state index contributed by atoms with van der Waals surface area (Å²) in [7, 11) is 0. The van der Waals surface area contributed by atoms with Gasteiger partial charge in [-0.2, -0.15) is 0 Å². The maximum Gasteiger partial charge on any atom is 0.168 e. The molecule has 2 rings (SSSR count). The van der Waals surface area contributed by atoms with Crippen LogP contribution in [0.25, 0.3) is 0 Å². The molecule has 108 valence electrons. The van der Waals surface area contributed by atoms with Gasteiger partial charge in [0.2, 0.25) is 0 Å². The molecule has 0 fully saturated rings. The zero-order valence-electron chi connectivity index (χ0n) is 11.6. The molecular formula is C15H19BrN2OS. The molecule has 0 atom stereocenters. The van der Waals surface area contributed by atoms with E-state index in [0.29, 0.717) is 18.6 Å². The molecule has 5 heteroatoms. The molecule has 0 bridgehead atoms. The topological polar surface area (TPSA) is 33.8 Å². The van der Waals surface area contributed by atoms with Crippen LogP contribution in [-0.2, 0) is 17.8 Å².